The van der Waals surface area contributed by atoms with Gasteiger partial charge in [0, 0.05) is 18.0 Å². The highest BCUT2D eigenvalue weighted by Gasteiger charge is 2.07. The van der Waals surface area contributed by atoms with Gasteiger partial charge in [0.2, 0.25) is 5.91 Å². The highest BCUT2D eigenvalue weighted by molar-refractivity contribution is 5.92. The van der Waals surface area contributed by atoms with Gasteiger partial charge in [-0.25, -0.2) is 4.98 Å². The van der Waals surface area contributed by atoms with Gasteiger partial charge in [-0.1, -0.05) is 32.0 Å². The summed E-state index contributed by atoms with van der Waals surface area (Å²) < 4.78 is 0. The molecule has 0 saturated carbocycles. The number of nitrogens with zero attached hydrogens (tertiary/aromatic N) is 1. The molecule has 1 heterocycles. The molecule has 3 aromatic rings. The number of hydrogen-bond acceptors (Lipinski definition) is 2. The van der Waals surface area contributed by atoms with Crippen molar-refractivity contribution in [3.8, 4) is 0 Å². The van der Waals surface area contributed by atoms with Crippen molar-refractivity contribution in [3.05, 3.63) is 59.4 Å². The number of benzene rings is 2. The third-order valence-electron chi connectivity index (χ3n) is 4.08. The lowest BCUT2D eigenvalue weighted by atomic mass is 10.1. The number of H-pyrrole nitrogens is 1. The number of fused-ring (bicyclic) bond motifs is 1. The van der Waals surface area contributed by atoms with E-state index in [4.69, 9.17) is 0 Å². The first-order chi connectivity index (χ1) is 11.5. The van der Waals surface area contributed by atoms with Crippen molar-refractivity contribution in [3.63, 3.8) is 0 Å². The molecule has 3 rings (SSSR count). The molecule has 124 valence electrons. The Hall–Kier alpha value is -2.62. The molecular formula is C20H23N3O. The monoisotopic (exact) mass is 321 g/mol. The molecule has 0 fully saturated rings. The maximum absolute atomic E-state index is 11.7. The third-order valence-corrected chi connectivity index (χ3v) is 4.08. The molecule has 4 nitrogen and oxygen atoms in total. The van der Waals surface area contributed by atoms with Gasteiger partial charge < -0.3 is 10.3 Å². The summed E-state index contributed by atoms with van der Waals surface area (Å²) in [4.78, 5) is 19.7. The SMILES string of the molecule is Cc1ccc2nc(CCc3ccc(NC(=O)C(C)C)cc3)[nH]c2c1. The molecule has 0 radical (unpaired) electrons. The lowest BCUT2D eigenvalue weighted by Gasteiger charge is -2.08. The molecule has 0 bridgehead atoms. The fraction of sp³-hybridized carbons (Fsp3) is 0.300. The van der Waals surface area contributed by atoms with Crippen LogP contribution in [0.3, 0.4) is 0 Å². The molecule has 0 unspecified atom stereocenters. The lowest BCUT2D eigenvalue weighted by molar-refractivity contribution is -0.118. The van der Waals surface area contributed by atoms with Gasteiger partial charge in [-0.2, -0.15) is 0 Å². The van der Waals surface area contributed by atoms with E-state index >= 15 is 0 Å². The van der Waals surface area contributed by atoms with Crippen LogP contribution >= 0.6 is 0 Å². The number of hydrogen-bond donors (Lipinski definition) is 2. The molecular weight excluding hydrogens is 298 g/mol. The van der Waals surface area contributed by atoms with Crippen molar-refractivity contribution in [1.82, 2.24) is 9.97 Å². The number of rotatable bonds is 5. The summed E-state index contributed by atoms with van der Waals surface area (Å²) in [5.74, 6) is 1.04. The van der Waals surface area contributed by atoms with Crippen molar-refractivity contribution >= 4 is 22.6 Å². The van der Waals surface area contributed by atoms with Crippen LogP contribution in [0.1, 0.15) is 30.8 Å². The van der Waals surface area contributed by atoms with Crippen LogP contribution in [0.15, 0.2) is 42.5 Å². The average molecular weight is 321 g/mol. The smallest absolute Gasteiger partial charge is 0.226 e. The second-order valence-corrected chi connectivity index (χ2v) is 6.54. The Morgan fingerprint density at radius 1 is 1.12 bits per heavy atom. The van der Waals surface area contributed by atoms with Crippen LogP contribution in [0.4, 0.5) is 5.69 Å². The van der Waals surface area contributed by atoms with Crippen LogP contribution in [0.5, 0.6) is 0 Å². The standard InChI is InChI=1S/C20H23N3O/c1-13(2)20(24)21-16-8-5-15(6-9-16)7-11-19-22-17-10-4-14(3)12-18(17)23-19/h4-6,8-10,12-13H,7,11H2,1-3H3,(H,21,24)(H,22,23). The zero-order valence-electron chi connectivity index (χ0n) is 14.4. The topological polar surface area (TPSA) is 57.8 Å². The van der Waals surface area contributed by atoms with E-state index in [1.165, 1.54) is 11.1 Å². The summed E-state index contributed by atoms with van der Waals surface area (Å²) in [6.07, 6.45) is 1.78. The molecule has 0 aliphatic carbocycles. The van der Waals surface area contributed by atoms with Crippen LogP contribution < -0.4 is 5.32 Å². The zero-order valence-corrected chi connectivity index (χ0v) is 14.4. The van der Waals surface area contributed by atoms with Crippen molar-refractivity contribution in [2.45, 2.75) is 33.6 Å². The lowest BCUT2D eigenvalue weighted by Crippen LogP contribution is -2.17. The number of aromatic amines is 1. The number of carbonyl (C=O) groups is 1. The van der Waals surface area contributed by atoms with E-state index in [1.807, 2.05) is 26.0 Å². The number of imidazole rings is 1. The van der Waals surface area contributed by atoms with E-state index in [0.29, 0.717) is 0 Å². The first kappa shape index (κ1) is 16.2. The van der Waals surface area contributed by atoms with Gasteiger partial charge in [0.05, 0.1) is 11.0 Å². The van der Waals surface area contributed by atoms with Crippen LogP contribution in [0, 0.1) is 12.8 Å². The molecule has 0 aliphatic heterocycles. The minimum absolute atomic E-state index is 0.0126. The van der Waals surface area contributed by atoms with Gasteiger partial charge >= 0.3 is 0 Å². The largest absolute Gasteiger partial charge is 0.342 e. The van der Waals surface area contributed by atoms with Crippen LogP contribution in [0.25, 0.3) is 11.0 Å². The van der Waals surface area contributed by atoms with E-state index in [2.05, 4.69) is 52.5 Å². The summed E-state index contributed by atoms with van der Waals surface area (Å²) in [6.45, 7) is 5.86. The van der Waals surface area contributed by atoms with Crippen LogP contribution in [0.2, 0.25) is 0 Å². The Bertz CT molecular complexity index is 847. The van der Waals surface area contributed by atoms with Crippen molar-refractivity contribution in [2.75, 3.05) is 5.32 Å². The maximum atomic E-state index is 11.7. The summed E-state index contributed by atoms with van der Waals surface area (Å²) in [6, 6.07) is 14.3. The highest BCUT2D eigenvalue weighted by atomic mass is 16.1. The van der Waals surface area contributed by atoms with Gasteiger partial charge in [-0.3, -0.25) is 4.79 Å². The number of aromatic nitrogens is 2. The van der Waals surface area contributed by atoms with Crippen LogP contribution in [-0.4, -0.2) is 15.9 Å². The number of aryl methyl sites for hydroxylation is 3. The number of amides is 1. The molecule has 0 saturated heterocycles. The highest BCUT2D eigenvalue weighted by Crippen LogP contribution is 2.16. The Morgan fingerprint density at radius 3 is 2.58 bits per heavy atom. The number of nitrogens with one attached hydrogen (secondary N) is 2. The summed E-state index contributed by atoms with van der Waals surface area (Å²) in [7, 11) is 0. The molecule has 0 spiro atoms. The average Bonchev–Trinajstić information content (AvgIpc) is 2.96. The van der Waals surface area contributed by atoms with E-state index < -0.39 is 0 Å². The Kier molecular flexibility index (Phi) is 4.65. The Morgan fingerprint density at radius 2 is 1.88 bits per heavy atom. The minimum atomic E-state index is -0.0126. The van der Waals surface area contributed by atoms with Gasteiger partial charge in [0.25, 0.3) is 0 Å². The van der Waals surface area contributed by atoms with E-state index in [9.17, 15) is 4.79 Å². The van der Waals surface area contributed by atoms with E-state index in [0.717, 1.165) is 35.4 Å². The van der Waals surface area contributed by atoms with Crippen LogP contribution in [-0.2, 0) is 17.6 Å². The number of anilines is 1. The maximum Gasteiger partial charge on any atom is 0.226 e. The van der Waals surface area contributed by atoms with Gasteiger partial charge in [0.15, 0.2) is 0 Å². The predicted molar refractivity (Wildman–Crippen MR) is 98.1 cm³/mol. The molecule has 1 aromatic heterocycles. The normalized spacial score (nSPS) is 11.2. The minimum Gasteiger partial charge on any atom is -0.342 e. The second kappa shape index (κ2) is 6.87. The summed E-state index contributed by atoms with van der Waals surface area (Å²) in [5, 5.41) is 2.91. The summed E-state index contributed by atoms with van der Waals surface area (Å²) in [5.41, 5.74) is 5.42. The Balaban J connectivity index is 1.62. The quantitative estimate of drug-likeness (QED) is 0.738. The molecule has 2 N–H and O–H groups in total. The van der Waals surface area contributed by atoms with Crippen molar-refractivity contribution in [1.29, 1.82) is 0 Å². The van der Waals surface area contributed by atoms with Gasteiger partial charge in [-0.15, -0.1) is 0 Å². The second-order valence-electron chi connectivity index (χ2n) is 6.54. The first-order valence-electron chi connectivity index (χ1n) is 8.36. The zero-order chi connectivity index (χ0) is 17.1. The first-order valence-corrected chi connectivity index (χ1v) is 8.36. The molecule has 2 aromatic carbocycles. The predicted octanol–water partition coefficient (Wildman–Crippen LogP) is 4.25. The molecule has 24 heavy (non-hydrogen) atoms. The van der Waals surface area contributed by atoms with Gasteiger partial charge in [0.1, 0.15) is 5.82 Å². The molecule has 0 aliphatic rings. The van der Waals surface area contributed by atoms with Crippen molar-refractivity contribution in [2.24, 2.45) is 5.92 Å². The fourth-order valence-electron chi connectivity index (χ4n) is 2.60. The van der Waals surface area contributed by atoms with E-state index in [-0.39, 0.29) is 11.8 Å². The summed E-state index contributed by atoms with van der Waals surface area (Å²) >= 11 is 0. The fourth-order valence-corrected chi connectivity index (χ4v) is 2.60. The van der Waals surface area contributed by atoms with Gasteiger partial charge in [-0.05, 0) is 48.7 Å². The van der Waals surface area contributed by atoms with Crippen molar-refractivity contribution < 1.29 is 4.79 Å². The third kappa shape index (κ3) is 3.82. The molecule has 1 amide bonds. The Labute approximate surface area is 142 Å². The number of carbonyl (C=O) groups excluding carboxylic acids is 1. The molecule has 4 heteroatoms. The van der Waals surface area contributed by atoms with E-state index in [1.54, 1.807) is 0 Å². The molecule has 0 atom stereocenters.